The van der Waals surface area contributed by atoms with E-state index in [-0.39, 0.29) is 24.0 Å². The fraction of sp³-hybridized carbons (Fsp3) is 0.400. The van der Waals surface area contributed by atoms with Gasteiger partial charge in [0.1, 0.15) is 0 Å². The average molecular weight is 448 g/mol. The molecular formula is C15H19ClIN5O. The Labute approximate surface area is 157 Å². The summed E-state index contributed by atoms with van der Waals surface area (Å²) in [6.45, 7) is 2.54. The van der Waals surface area contributed by atoms with E-state index in [1.807, 2.05) is 12.1 Å². The van der Waals surface area contributed by atoms with E-state index >= 15 is 0 Å². The Morgan fingerprint density at radius 2 is 2.00 bits per heavy atom. The topological polar surface area (TPSA) is 66.5 Å². The van der Waals surface area contributed by atoms with Crippen molar-refractivity contribution in [2.45, 2.75) is 19.4 Å². The molecule has 2 heterocycles. The van der Waals surface area contributed by atoms with Gasteiger partial charge in [-0.05, 0) is 37.1 Å². The molecule has 0 aliphatic carbocycles. The zero-order chi connectivity index (χ0) is 15.4. The largest absolute Gasteiger partial charge is 0.347 e. The molecule has 124 valence electrons. The lowest BCUT2D eigenvalue weighted by Crippen LogP contribution is -2.39. The summed E-state index contributed by atoms with van der Waals surface area (Å²) in [7, 11) is 1.79. The van der Waals surface area contributed by atoms with Gasteiger partial charge < -0.3 is 14.7 Å². The van der Waals surface area contributed by atoms with Crippen LogP contribution in [-0.2, 0) is 6.54 Å². The summed E-state index contributed by atoms with van der Waals surface area (Å²) in [4.78, 5) is 10.9. The first-order chi connectivity index (χ1) is 10.8. The normalized spacial score (nSPS) is 14.7. The first-order valence-electron chi connectivity index (χ1n) is 7.30. The first-order valence-corrected chi connectivity index (χ1v) is 7.68. The molecule has 1 aliphatic heterocycles. The van der Waals surface area contributed by atoms with Crippen LogP contribution in [-0.4, -0.2) is 41.1 Å². The van der Waals surface area contributed by atoms with E-state index in [0.29, 0.717) is 23.3 Å². The zero-order valence-electron chi connectivity index (χ0n) is 12.8. The third-order valence-electron chi connectivity index (χ3n) is 3.59. The van der Waals surface area contributed by atoms with Gasteiger partial charge in [-0.3, -0.25) is 4.99 Å². The molecule has 1 aromatic heterocycles. The van der Waals surface area contributed by atoms with Crippen LogP contribution in [0.3, 0.4) is 0 Å². The zero-order valence-corrected chi connectivity index (χ0v) is 15.9. The fourth-order valence-electron chi connectivity index (χ4n) is 2.46. The molecule has 1 fully saturated rings. The van der Waals surface area contributed by atoms with Crippen molar-refractivity contribution >= 4 is 41.5 Å². The van der Waals surface area contributed by atoms with E-state index in [9.17, 15) is 0 Å². The van der Waals surface area contributed by atoms with Gasteiger partial charge in [0.05, 0.1) is 6.54 Å². The van der Waals surface area contributed by atoms with Crippen LogP contribution in [0.15, 0.2) is 33.8 Å². The number of nitrogens with one attached hydrogen (secondary N) is 1. The maximum atomic E-state index is 5.87. The number of aliphatic imine (C=N–C) groups is 1. The Morgan fingerprint density at radius 1 is 1.30 bits per heavy atom. The predicted molar refractivity (Wildman–Crippen MR) is 101 cm³/mol. The second-order valence-electron chi connectivity index (χ2n) is 5.11. The monoisotopic (exact) mass is 447 g/mol. The second-order valence-corrected chi connectivity index (χ2v) is 5.55. The van der Waals surface area contributed by atoms with Crippen molar-refractivity contribution in [3.05, 3.63) is 35.2 Å². The van der Waals surface area contributed by atoms with Gasteiger partial charge in [-0.25, -0.2) is 0 Å². The summed E-state index contributed by atoms with van der Waals surface area (Å²) < 4.78 is 5.28. The van der Waals surface area contributed by atoms with Gasteiger partial charge in [0.2, 0.25) is 11.7 Å². The van der Waals surface area contributed by atoms with Gasteiger partial charge >= 0.3 is 0 Å². The van der Waals surface area contributed by atoms with Crippen LogP contribution in [0.25, 0.3) is 11.4 Å². The molecule has 0 unspecified atom stereocenters. The highest BCUT2D eigenvalue weighted by Crippen LogP contribution is 2.18. The molecule has 1 N–H and O–H groups in total. The van der Waals surface area contributed by atoms with Crippen molar-refractivity contribution < 1.29 is 4.52 Å². The summed E-state index contributed by atoms with van der Waals surface area (Å²) in [6.07, 6.45) is 2.42. The number of aromatic nitrogens is 2. The number of guanidine groups is 1. The Morgan fingerprint density at radius 3 is 2.65 bits per heavy atom. The number of halogens is 2. The Balaban J connectivity index is 0.00000192. The molecule has 0 spiro atoms. The molecule has 23 heavy (non-hydrogen) atoms. The number of rotatable bonds is 3. The molecule has 2 aromatic rings. The van der Waals surface area contributed by atoms with Gasteiger partial charge in [-0.2, -0.15) is 4.98 Å². The molecule has 1 aliphatic rings. The van der Waals surface area contributed by atoms with E-state index in [0.717, 1.165) is 24.6 Å². The van der Waals surface area contributed by atoms with E-state index in [2.05, 4.69) is 25.3 Å². The van der Waals surface area contributed by atoms with Crippen molar-refractivity contribution in [1.29, 1.82) is 0 Å². The first kappa shape index (κ1) is 18.0. The van der Waals surface area contributed by atoms with Crippen LogP contribution in [0.1, 0.15) is 18.7 Å². The van der Waals surface area contributed by atoms with Crippen molar-refractivity contribution in [3.8, 4) is 11.4 Å². The minimum absolute atomic E-state index is 0. The van der Waals surface area contributed by atoms with Gasteiger partial charge in [-0.15, -0.1) is 24.0 Å². The lowest BCUT2D eigenvalue weighted by molar-refractivity contribution is 0.372. The predicted octanol–water partition coefficient (Wildman–Crippen LogP) is 3.18. The Kier molecular flexibility index (Phi) is 6.64. The number of hydrogen-bond acceptors (Lipinski definition) is 4. The Bertz CT molecular complexity index is 652. The van der Waals surface area contributed by atoms with Gasteiger partial charge in [0.25, 0.3) is 0 Å². The SMILES string of the molecule is CN=C(NCc1nc(-c2ccc(Cl)cc2)no1)N1CCCC1.I. The van der Waals surface area contributed by atoms with Gasteiger partial charge in [0, 0.05) is 30.7 Å². The number of hydrogen-bond donors (Lipinski definition) is 1. The van der Waals surface area contributed by atoms with E-state index in [1.54, 1.807) is 19.2 Å². The van der Waals surface area contributed by atoms with Crippen molar-refractivity contribution in [3.63, 3.8) is 0 Å². The van der Waals surface area contributed by atoms with E-state index in [4.69, 9.17) is 16.1 Å². The second kappa shape index (κ2) is 8.49. The summed E-state index contributed by atoms with van der Waals surface area (Å²) in [6, 6.07) is 7.35. The molecule has 1 aromatic carbocycles. The standard InChI is InChI=1S/C15H18ClN5O.HI/c1-17-15(21-8-2-3-9-21)18-10-13-19-14(20-22-13)11-4-6-12(16)7-5-11;/h4-7H,2-3,8-10H2,1H3,(H,17,18);1H. The number of benzene rings is 1. The number of nitrogens with zero attached hydrogens (tertiary/aromatic N) is 4. The lowest BCUT2D eigenvalue weighted by Gasteiger charge is -2.19. The molecule has 0 saturated carbocycles. The van der Waals surface area contributed by atoms with Crippen LogP contribution >= 0.6 is 35.6 Å². The minimum atomic E-state index is 0. The minimum Gasteiger partial charge on any atom is -0.347 e. The van der Waals surface area contributed by atoms with E-state index in [1.165, 1.54) is 12.8 Å². The highest BCUT2D eigenvalue weighted by atomic mass is 127. The third kappa shape index (κ3) is 4.57. The van der Waals surface area contributed by atoms with Crippen molar-refractivity contribution in [1.82, 2.24) is 20.4 Å². The molecule has 8 heteroatoms. The summed E-state index contributed by atoms with van der Waals surface area (Å²) in [5.41, 5.74) is 0.878. The molecule has 3 rings (SSSR count). The van der Waals surface area contributed by atoms with Gasteiger partial charge in [0.15, 0.2) is 5.96 Å². The number of likely N-dealkylation sites (tertiary alicyclic amines) is 1. The average Bonchev–Trinajstić information content (AvgIpc) is 3.20. The van der Waals surface area contributed by atoms with Crippen LogP contribution in [0.5, 0.6) is 0 Å². The molecule has 0 bridgehead atoms. The quantitative estimate of drug-likeness (QED) is 0.445. The maximum Gasteiger partial charge on any atom is 0.246 e. The molecule has 0 radical (unpaired) electrons. The van der Waals surface area contributed by atoms with E-state index < -0.39 is 0 Å². The Hall–Kier alpha value is -1.35. The molecule has 0 amide bonds. The van der Waals surface area contributed by atoms with Gasteiger partial charge in [-0.1, -0.05) is 16.8 Å². The molecular weight excluding hydrogens is 429 g/mol. The molecule has 1 saturated heterocycles. The van der Waals surface area contributed by atoms with Crippen LogP contribution < -0.4 is 5.32 Å². The van der Waals surface area contributed by atoms with Crippen LogP contribution in [0, 0.1) is 0 Å². The van der Waals surface area contributed by atoms with Crippen molar-refractivity contribution in [2.24, 2.45) is 4.99 Å². The summed E-state index contributed by atoms with van der Waals surface area (Å²) >= 11 is 5.87. The van der Waals surface area contributed by atoms with Crippen molar-refractivity contribution in [2.75, 3.05) is 20.1 Å². The lowest BCUT2D eigenvalue weighted by atomic mass is 10.2. The molecule has 6 nitrogen and oxygen atoms in total. The highest BCUT2D eigenvalue weighted by Gasteiger charge is 2.16. The van der Waals surface area contributed by atoms with Crippen LogP contribution in [0.4, 0.5) is 0 Å². The van der Waals surface area contributed by atoms with Crippen LogP contribution in [0.2, 0.25) is 5.02 Å². The smallest absolute Gasteiger partial charge is 0.246 e. The highest BCUT2D eigenvalue weighted by molar-refractivity contribution is 14.0. The third-order valence-corrected chi connectivity index (χ3v) is 3.84. The fourth-order valence-corrected chi connectivity index (χ4v) is 2.58. The summed E-state index contributed by atoms with van der Waals surface area (Å²) in [5, 5.41) is 7.94. The summed E-state index contributed by atoms with van der Waals surface area (Å²) in [5.74, 6) is 1.97. The molecule has 0 atom stereocenters. The maximum absolute atomic E-state index is 5.87.